The molecule has 0 radical (unpaired) electrons. The SMILES string of the molecule is CC1(C)c2ccccc2-c2ccc(N(c3cccc(-c4ccccc4)c3)c3cccc(-c4ccc5oc6ccccc6c5c4-c4cc5ccccc5c5ccccc45)c3)cc21. The van der Waals surface area contributed by atoms with Crippen LogP contribution >= 0.6 is 0 Å². The van der Waals surface area contributed by atoms with E-state index in [1.165, 1.54) is 66.1 Å². The Morgan fingerprint density at radius 2 is 0.967 bits per heavy atom. The van der Waals surface area contributed by atoms with Gasteiger partial charge in [0.05, 0.1) is 0 Å². The second-order valence-electron chi connectivity index (χ2n) is 16.9. The van der Waals surface area contributed by atoms with Crippen molar-refractivity contribution in [2.45, 2.75) is 19.3 Å². The van der Waals surface area contributed by atoms with Crippen LogP contribution in [0.2, 0.25) is 0 Å². The van der Waals surface area contributed by atoms with E-state index in [1.54, 1.807) is 0 Å². The fourth-order valence-corrected chi connectivity index (χ4v) is 10.1. The Morgan fingerprint density at radius 1 is 0.361 bits per heavy atom. The monoisotopic (exact) mass is 779 g/mol. The molecule has 1 heterocycles. The van der Waals surface area contributed by atoms with Gasteiger partial charge in [0.2, 0.25) is 0 Å². The third-order valence-electron chi connectivity index (χ3n) is 13.0. The predicted octanol–water partition coefficient (Wildman–Crippen LogP) is 16.7. The van der Waals surface area contributed by atoms with Crippen molar-refractivity contribution in [3.8, 4) is 44.5 Å². The Morgan fingerprint density at radius 3 is 1.80 bits per heavy atom. The average molecular weight is 780 g/mol. The zero-order chi connectivity index (χ0) is 40.7. The fourth-order valence-electron chi connectivity index (χ4n) is 10.1. The van der Waals surface area contributed by atoms with Crippen LogP contribution in [0.3, 0.4) is 0 Å². The van der Waals surface area contributed by atoms with Crippen LogP contribution < -0.4 is 4.90 Å². The van der Waals surface area contributed by atoms with Gasteiger partial charge in [-0.3, -0.25) is 0 Å². The highest BCUT2D eigenvalue weighted by atomic mass is 16.3. The Hall–Kier alpha value is -7.68. The third-order valence-corrected chi connectivity index (χ3v) is 13.0. The van der Waals surface area contributed by atoms with Gasteiger partial charge in [0.25, 0.3) is 0 Å². The Labute approximate surface area is 355 Å². The second kappa shape index (κ2) is 13.7. The molecule has 1 aliphatic rings. The van der Waals surface area contributed by atoms with Gasteiger partial charge in [-0.1, -0.05) is 172 Å². The van der Waals surface area contributed by atoms with Crippen LogP contribution in [0.1, 0.15) is 25.0 Å². The van der Waals surface area contributed by atoms with Crippen LogP contribution in [-0.4, -0.2) is 0 Å². The van der Waals surface area contributed by atoms with Crippen molar-refractivity contribution in [2.75, 3.05) is 4.90 Å². The van der Waals surface area contributed by atoms with E-state index in [1.807, 2.05) is 0 Å². The van der Waals surface area contributed by atoms with Gasteiger partial charge in [-0.05, 0) is 126 Å². The van der Waals surface area contributed by atoms with E-state index >= 15 is 0 Å². The summed E-state index contributed by atoms with van der Waals surface area (Å²) in [5, 5.41) is 7.18. The van der Waals surface area contributed by atoms with Crippen molar-refractivity contribution in [3.63, 3.8) is 0 Å². The topological polar surface area (TPSA) is 16.4 Å². The molecule has 0 aliphatic heterocycles. The molecule has 0 saturated carbocycles. The summed E-state index contributed by atoms with van der Waals surface area (Å²) in [6.07, 6.45) is 0. The first-order valence-corrected chi connectivity index (χ1v) is 21.2. The highest BCUT2D eigenvalue weighted by Crippen LogP contribution is 2.52. The first-order valence-electron chi connectivity index (χ1n) is 21.2. The molecule has 1 aliphatic carbocycles. The minimum atomic E-state index is -0.137. The minimum Gasteiger partial charge on any atom is -0.456 e. The Kier molecular flexibility index (Phi) is 7.92. The minimum absolute atomic E-state index is 0.137. The molecule has 10 aromatic carbocycles. The number of fused-ring (bicyclic) bond motifs is 9. The lowest BCUT2D eigenvalue weighted by molar-refractivity contribution is 0.660. The van der Waals surface area contributed by atoms with Gasteiger partial charge in [0, 0.05) is 38.8 Å². The number of rotatable bonds is 6. The maximum absolute atomic E-state index is 6.60. The fraction of sp³-hybridized carbons (Fsp3) is 0.0508. The summed E-state index contributed by atoms with van der Waals surface area (Å²) in [6.45, 7) is 4.71. The van der Waals surface area contributed by atoms with Crippen molar-refractivity contribution >= 4 is 60.5 Å². The quantitative estimate of drug-likeness (QED) is 0.156. The van der Waals surface area contributed by atoms with E-state index in [4.69, 9.17) is 4.42 Å². The number of nitrogens with zero attached hydrogens (tertiary/aromatic N) is 1. The van der Waals surface area contributed by atoms with Gasteiger partial charge in [0.15, 0.2) is 0 Å². The van der Waals surface area contributed by atoms with E-state index in [-0.39, 0.29) is 5.41 Å². The Bertz CT molecular complexity index is 3520. The standard InChI is InChI=1S/C59H41NO/c1-59(2)53-28-12-10-26-49(53)50-31-30-44(37-54(50)59)60(42-21-14-19-39(34-42)38-16-4-3-5-17-38)43-22-15-20-40(35-43)46-32-33-56-58(51-27-11-13-29-55(51)61-56)57(46)52-36-41-18-6-7-23-45(41)47-24-8-9-25-48(47)52/h3-37H,1-2H3. The third kappa shape index (κ3) is 5.56. The van der Waals surface area contributed by atoms with Crippen molar-refractivity contribution in [2.24, 2.45) is 0 Å². The van der Waals surface area contributed by atoms with E-state index in [0.717, 1.165) is 50.1 Å². The van der Waals surface area contributed by atoms with Crippen LogP contribution in [0.4, 0.5) is 17.1 Å². The predicted molar refractivity (Wildman–Crippen MR) is 257 cm³/mol. The number of anilines is 3. The normalized spacial score (nSPS) is 12.9. The molecule has 0 unspecified atom stereocenters. The summed E-state index contributed by atoms with van der Waals surface area (Å²) < 4.78 is 6.60. The maximum Gasteiger partial charge on any atom is 0.136 e. The smallest absolute Gasteiger partial charge is 0.136 e. The van der Waals surface area contributed by atoms with Gasteiger partial charge in [-0.15, -0.1) is 0 Å². The molecule has 0 bridgehead atoms. The molecule has 0 atom stereocenters. The number of hydrogen-bond donors (Lipinski definition) is 0. The van der Waals surface area contributed by atoms with Crippen LogP contribution in [0.5, 0.6) is 0 Å². The van der Waals surface area contributed by atoms with E-state index in [9.17, 15) is 0 Å². The molecule has 2 nitrogen and oxygen atoms in total. The highest BCUT2D eigenvalue weighted by molar-refractivity contribution is 6.22. The van der Waals surface area contributed by atoms with Crippen molar-refractivity contribution < 1.29 is 4.42 Å². The first kappa shape index (κ1) is 35.3. The zero-order valence-electron chi connectivity index (χ0n) is 34.1. The van der Waals surface area contributed by atoms with Gasteiger partial charge < -0.3 is 9.32 Å². The van der Waals surface area contributed by atoms with Crippen LogP contribution in [0.25, 0.3) is 88.0 Å². The number of hydrogen-bond acceptors (Lipinski definition) is 2. The summed E-state index contributed by atoms with van der Waals surface area (Å²) in [5.74, 6) is 0. The molecule has 1 aromatic heterocycles. The van der Waals surface area contributed by atoms with Gasteiger partial charge in [-0.25, -0.2) is 0 Å². The number of benzene rings is 10. The van der Waals surface area contributed by atoms with Gasteiger partial charge >= 0.3 is 0 Å². The van der Waals surface area contributed by atoms with E-state index < -0.39 is 0 Å². The molecular weight excluding hydrogens is 739 g/mol. The van der Waals surface area contributed by atoms with Gasteiger partial charge in [0.1, 0.15) is 11.2 Å². The molecule has 0 fully saturated rings. The summed E-state index contributed by atoms with van der Waals surface area (Å²) in [4.78, 5) is 2.44. The van der Waals surface area contributed by atoms with Crippen LogP contribution in [0, 0.1) is 0 Å². The molecule has 288 valence electrons. The maximum atomic E-state index is 6.60. The lowest BCUT2D eigenvalue weighted by Crippen LogP contribution is -2.16. The molecule has 61 heavy (non-hydrogen) atoms. The Balaban J connectivity index is 1.11. The lowest BCUT2D eigenvalue weighted by atomic mass is 9.82. The van der Waals surface area contributed by atoms with E-state index in [0.29, 0.717) is 0 Å². The van der Waals surface area contributed by atoms with E-state index in [2.05, 4.69) is 231 Å². The first-order chi connectivity index (χ1) is 30.0. The zero-order valence-corrected chi connectivity index (χ0v) is 34.1. The highest BCUT2D eigenvalue weighted by Gasteiger charge is 2.36. The number of furan rings is 1. The van der Waals surface area contributed by atoms with Gasteiger partial charge in [-0.2, -0.15) is 0 Å². The molecule has 2 heteroatoms. The van der Waals surface area contributed by atoms with Crippen LogP contribution in [-0.2, 0) is 5.41 Å². The van der Waals surface area contributed by atoms with Crippen molar-refractivity contribution in [1.29, 1.82) is 0 Å². The second-order valence-corrected chi connectivity index (χ2v) is 16.9. The molecule has 0 spiro atoms. The number of para-hydroxylation sites is 1. The average Bonchev–Trinajstić information content (AvgIpc) is 3.81. The summed E-state index contributed by atoms with van der Waals surface area (Å²) >= 11 is 0. The summed E-state index contributed by atoms with van der Waals surface area (Å²) in [5.41, 5.74) is 17.3. The largest absolute Gasteiger partial charge is 0.456 e. The molecule has 0 N–H and O–H groups in total. The lowest BCUT2D eigenvalue weighted by Gasteiger charge is -2.29. The molecule has 12 rings (SSSR count). The molecular formula is C59H41NO. The molecule has 11 aromatic rings. The summed E-state index contributed by atoms with van der Waals surface area (Å²) in [7, 11) is 0. The summed E-state index contributed by atoms with van der Waals surface area (Å²) in [6, 6.07) is 77.5. The van der Waals surface area contributed by atoms with Crippen LogP contribution in [0.15, 0.2) is 217 Å². The molecule has 0 amide bonds. The molecule has 0 saturated heterocycles. The van der Waals surface area contributed by atoms with Crippen molar-refractivity contribution in [3.05, 3.63) is 223 Å². The van der Waals surface area contributed by atoms with Crippen molar-refractivity contribution in [1.82, 2.24) is 0 Å².